The van der Waals surface area contributed by atoms with Gasteiger partial charge in [-0.2, -0.15) is 13.2 Å². The molecule has 135 valence electrons. The minimum absolute atomic E-state index is 0.236. The highest BCUT2D eigenvalue weighted by Crippen LogP contribution is 2.41. The number of hydrogen-bond acceptors (Lipinski definition) is 4. The molecule has 24 heavy (non-hydrogen) atoms. The van der Waals surface area contributed by atoms with Crippen LogP contribution in [0.5, 0.6) is 5.75 Å². The quantitative estimate of drug-likeness (QED) is 0.355. The predicted octanol–water partition coefficient (Wildman–Crippen LogP) is 4.79. The molecule has 0 aliphatic carbocycles. The largest absolute Gasteiger partial charge is 0.496 e. The second-order valence-electron chi connectivity index (χ2n) is 6.68. The Morgan fingerprint density at radius 3 is 2.17 bits per heavy atom. The van der Waals surface area contributed by atoms with Crippen molar-refractivity contribution in [3.8, 4) is 5.75 Å². The van der Waals surface area contributed by atoms with Gasteiger partial charge < -0.3 is 14.4 Å². The Balaban J connectivity index is 3.52. The van der Waals surface area contributed by atoms with Crippen LogP contribution in [0.3, 0.4) is 0 Å². The van der Waals surface area contributed by atoms with Crippen LogP contribution in [-0.4, -0.2) is 33.2 Å². The van der Waals surface area contributed by atoms with E-state index in [4.69, 9.17) is 14.4 Å². The molecular formula is C16H23F3NO3Si. The summed E-state index contributed by atoms with van der Waals surface area (Å²) in [4.78, 5) is 0. The Morgan fingerprint density at radius 1 is 1.21 bits per heavy atom. The van der Waals surface area contributed by atoms with E-state index in [-0.39, 0.29) is 11.0 Å². The number of oxime groups is 1. The second-order valence-corrected chi connectivity index (χ2v) is 8.73. The Kier molecular flexibility index (Phi) is 6.46. The van der Waals surface area contributed by atoms with Crippen LogP contribution in [0, 0.1) is 5.41 Å². The van der Waals surface area contributed by atoms with Crippen LogP contribution in [-0.2, 0) is 4.43 Å². The van der Waals surface area contributed by atoms with Crippen molar-refractivity contribution >= 4 is 14.8 Å². The van der Waals surface area contributed by atoms with Gasteiger partial charge in [0.25, 0.3) is 0 Å². The summed E-state index contributed by atoms with van der Waals surface area (Å²) < 4.78 is 50.4. The molecule has 0 spiro atoms. The molecule has 0 bridgehead atoms. The van der Waals surface area contributed by atoms with E-state index in [1.54, 1.807) is 0 Å². The maximum Gasteiger partial charge on any atom is 0.437 e. The first-order valence-electron chi connectivity index (χ1n) is 7.36. The zero-order valence-corrected chi connectivity index (χ0v) is 15.7. The molecule has 0 heterocycles. The number of rotatable bonds is 5. The maximum absolute atomic E-state index is 13.0. The Labute approximate surface area is 142 Å². The molecule has 1 atom stereocenters. The number of halogens is 3. The molecule has 1 radical (unpaired) electrons. The van der Waals surface area contributed by atoms with Gasteiger partial charge in [0.1, 0.15) is 5.75 Å². The zero-order valence-electron chi connectivity index (χ0n) is 14.7. The van der Waals surface area contributed by atoms with Gasteiger partial charge in [-0.3, -0.25) is 0 Å². The van der Waals surface area contributed by atoms with Crippen LogP contribution in [0.2, 0.25) is 13.1 Å². The summed E-state index contributed by atoms with van der Waals surface area (Å²) in [7, 11) is 0.340. The molecular weight excluding hydrogens is 339 g/mol. The van der Waals surface area contributed by atoms with E-state index in [0.717, 1.165) is 0 Å². The first-order chi connectivity index (χ1) is 10.9. The summed E-state index contributed by atoms with van der Waals surface area (Å²) in [6.07, 6.45) is -5.21. The third-order valence-corrected chi connectivity index (χ3v) is 4.00. The van der Waals surface area contributed by atoms with E-state index >= 15 is 0 Å². The lowest BCUT2D eigenvalue weighted by Crippen LogP contribution is -2.28. The molecule has 1 unspecified atom stereocenters. The molecule has 0 aliphatic rings. The number of alkyl halides is 3. The van der Waals surface area contributed by atoms with Crippen molar-refractivity contribution in [1.82, 2.24) is 0 Å². The fourth-order valence-electron chi connectivity index (χ4n) is 2.31. The molecule has 0 saturated carbocycles. The van der Waals surface area contributed by atoms with Crippen LogP contribution >= 0.6 is 0 Å². The predicted molar refractivity (Wildman–Crippen MR) is 88.1 cm³/mol. The lowest BCUT2D eigenvalue weighted by molar-refractivity contribution is -0.0601. The van der Waals surface area contributed by atoms with Crippen molar-refractivity contribution in [3.63, 3.8) is 0 Å². The number of benzene rings is 1. The second kappa shape index (κ2) is 7.56. The highest BCUT2D eigenvalue weighted by Gasteiger charge is 2.39. The third kappa shape index (κ3) is 4.97. The summed E-state index contributed by atoms with van der Waals surface area (Å²) in [6, 6.07) is 3.97. The van der Waals surface area contributed by atoms with Crippen LogP contribution in [0.15, 0.2) is 23.4 Å². The molecule has 0 fully saturated rings. The lowest BCUT2D eigenvalue weighted by Gasteiger charge is -2.34. The van der Waals surface area contributed by atoms with Crippen molar-refractivity contribution in [1.29, 1.82) is 0 Å². The summed E-state index contributed by atoms with van der Waals surface area (Å²) >= 11 is 0. The Bertz CT molecular complexity index is 595. The molecule has 4 nitrogen and oxygen atoms in total. The first kappa shape index (κ1) is 20.5. The average molecular weight is 362 g/mol. The van der Waals surface area contributed by atoms with Gasteiger partial charge in [-0.15, -0.1) is 0 Å². The van der Waals surface area contributed by atoms with E-state index in [2.05, 4.69) is 5.16 Å². The summed E-state index contributed by atoms with van der Waals surface area (Å²) in [5.41, 5.74) is -1.45. The van der Waals surface area contributed by atoms with Crippen LogP contribution < -0.4 is 4.74 Å². The van der Waals surface area contributed by atoms with E-state index in [1.165, 1.54) is 25.3 Å². The summed E-state index contributed by atoms with van der Waals surface area (Å²) in [5.74, 6) is 0.432. The van der Waals surface area contributed by atoms with Gasteiger partial charge in [-0.25, -0.2) is 0 Å². The minimum Gasteiger partial charge on any atom is -0.496 e. The third-order valence-electron chi connectivity index (χ3n) is 3.29. The van der Waals surface area contributed by atoms with Gasteiger partial charge in [0, 0.05) is 11.1 Å². The topological polar surface area (TPSA) is 51.0 Å². The van der Waals surface area contributed by atoms with Gasteiger partial charge in [-0.05, 0) is 36.7 Å². The van der Waals surface area contributed by atoms with E-state index in [1.807, 2.05) is 33.9 Å². The number of methoxy groups -OCH3 is 1. The van der Waals surface area contributed by atoms with Crippen molar-refractivity contribution in [3.05, 3.63) is 29.3 Å². The van der Waals surface area contributed by atoms with Crippen LogP contribution in [0.4, 0.5) is 13.2 Å². The molecule has 1 aromatic rings. The molecule has 0 aliphatic heterocycles. The van der Waals surface area contributed by atoms with Crippen molar-refractivity contribution < 1.29 is 27.5 Å². The molecule has 0 saturated heterocycles. The van der Waals surface area contributed by atoms with E-state index in [9.17, 15) is 13.2 Å². The summed E-state index contributed by atoms with van der Waals surface area (Å²) in [5, 5.41) is 11.2. The van der Waals surface area contributed by atoms with Crippen molar-refractivity contribution in [2.75, 3.05) is 7.11 Å². The van der Waals surface area contributed by atoms with Gasteiger partial charge >= 0.3 is 6.18 Å². The maximum atomic E-state index is 13.0. The molecule has 0 amide bonds. The average Bonchev–Trinajstić information content (AvgIpc) is 2.42. The lowest BCUT2D eigenvalue weighted by atomic mass is 9.83. The highest BCUT2D eigenvalue weighted by molar-refractivity contribution is 6.48. The highest BCUT2D eigenvalue weighted by atomic mass is 28.3. The number of hydrogen-bond donors (Lipinski definition) is 1. The van der Waals surface area contributed by atoms with E-state index in [0.29, 0.717) is 11.3 Å². The van der Waals surface area contributed by atoms with Crippen molar-refractivity contribution in [2.45, 2.75) is 46.1 Å². The Morgan fingerprint density at radius 2 is 1.79 bits per heavy atom. The monoisotopic (exact) mass is 362 g/mol. The van der Waals surface area contributed by atoms with Gasteiger partial charge in [-0.1, -0.05) is 25.9 Å². The van der Waals surface area contributed by atoms with Crippen molar-refractivity contribution in [2.24, 2.45) is 10.6 Å². The number of ether oxygens (including phenoxy) is 1. The van der Waals surface area contributed by atoms with E-state index < -0.39 is 27.0 Å². The fourth-order valence-corrected chi connectivity index (χ4v) is 3.26. The van der Waals surface area contributed by atoms with Crippen LogP contribution in [0.25, 0.3) is 0 Å². The standard InChI is InChI=1S/C16H23F3NO3Si/c1-15(2,3)14(23-24(5)6)11-9-10(7-8-12(11)22-4)13(20-21)16(17,18)19/h7-9,14,21H,1-6H3. The number of nitrogens with zero attached hydrogens (tertiary/aromatic N) is 1. The Hall–Kier alpha value is -1.54. The fraction of sp³-hybridized carbons (Fsp3) is 0.562. The minimum atomic E-state index is -4.76. The smallest absolute Gasteiger partial charge is 0.437 e. The van der Waals surface area contributed by atoms with Gasteiger partial charge in [0.05, 0.1) is 13.2 Å². The normalized spacial score (nSPS) is 14.8. The summed E-state index contributed by atoms with van der Waals surface area (Å²) in [6.45, 7) is 9.74. The molecule has 1 aromatic carbocycles. The van der Waals surface area contributed by atoms with Gasteiger partial charge in [0.15, 0.2) is 5.71 Å². The molecule has 1 N–H and O–H groups in total. The molecule has 1 rings (SSSR count). The molecule has 8 heteroatoms. The van der Waals surface area contributed by atoms with Crippen LogP contribution in [0.1, 0.15) is 38.0 Å². The SMILES string of the molecule is COc1ccc(C(=NO)C(F)(F)F)cc1C(O[Si](C)C)C(C)(C)C. The molecule has 0 aromatic heterocycles. The first-order valence-corrected chi connectivity index (χ1v) is 9.77. The zero-order chi connectivity index (χ0) is 18.7. The van der Waals surface area contributed by atoms with Gasteiger partial charge in [0.2, 0.25) is 9.04 Å².